The van der Waals surface area contributed by atoms with E-state index in [1.165, 1.54) is 0 Å². The lowest BCUT2D eigenvalue weighted by Crippen LogP contribution is -2.13. The van der Waals surface area contributed by atoms with E-state index in [4.69, 9.17) is 4.42 Å². The molecule has 2 rings (SSSR count). The molecule has 0 spiro atoms. The van der Waals surface area contributed by atoms with Crippen LogP contribution in [0.2, 0.25) is 0 Å². The molecule has 6 nitrogen and oxygen atoms in total. The average Bonchev–Trinajstić information content (AvgIpc) is 2.89. The lowest BCUT2D eigenvalue weighted by Gasteiger charge is -2.16. The third kappa shape index (κ3) is 3.51. The Hall–Kier alpha value is -2.11. The second-order valence-corrected chi connectivity index (χ2v) is 5.14. The Balaban J connectivity index is 2.27. The van der Waals surface area contributed by atoms with Crippen molar-refractivity contribution in [2.45, 2.75) is 46.6 Å². The van der Waals surface area contributed by atoms with Gasteiger partial charge in [0.05, 0.1) is 6.20 Å². The minimum absolute atomic E-state index is 0.0496. The van der Waals surface area contributed by atoms with E-state index in [-0.39, 0.29) is 6.04 Å². The highest BCUT2D eigenvalue weighted by atomic mass is 16.4. The molecule has 0 fully saturated rings. The summed E-state index contributed by atoms with van der Waals surface area (Å²) in [5.41, 5.74) is 0.993. The highest BCUT2D eigenvalue weighted by Crippen LogP contribution is 2.24. The SMILES string of the molecule is CCCc1nc(NC)c(C)c(NC(C)c2ncc(C)o2)n1. The first-order valence-corrected chi connectivity index (χ1v) is 7.29. The van der Waals surface area contributed by atoms with Crippen molar-refractivity contribution >= 4 is 11.6 Å². The molecule has 0 bridgehead atoms. The van der Waals surface area contributed by atoms with Crippen LogP contribution in [0, 0.1) is 13.8 Å². The number of oxazole rings is 1. The highest BCUT2D eigenvalue weighted by Gasteiger charge is 2.16. The van der Waals surface area contributed by atoms with Crippen molar-refractivity contribution in [1.29, 1.82) is 0 Å². The Morgan fingerprint density at radius 1 is 1.24 bits per heavy atom. The summed E-state index contributed by atoms with van der Waals surface area (Å²) < 4.78 is 5.56. The third-order valence-corrected chi connectivity index (χ3v) is 3.27. The predicted octanol–water partition coefficient (Wildman–Crippen LogP) is 3.25. The van der Waals surface area contributed by atoms with Gasteiger partial charge < -0.3 is 15.1 Å². The molecule has 0 saturated carbocycles. The van der Waals surface area contributed by atoms with Crippen LogP contribution in [0.5, 0.6) is 0 Å². The Bertz CT molecular complexity index is 608. The Morgan fingerprint density at radius 2 is 1.95 bits per heavy atom. The fourth-order valence-corrected chi connectivity index (χ4v) is 2.12. The summed E-state index contributed by atoms with van der Waals surface area (Å²) in [5.74, 6) is 3.98. The lowest BCUT2D eigenvalue weighted by molar-refractivity contribution is 0.453. The van der Waals surface area contributed by atoms with Gasteiger partial charge in [-0.3, -0.25) is 0 Å². The van der Waals surface area contributed by atoms with E-state index < -0.39 is 0 Å². The van der Waals surface area contributed by atoms with Crippen molar-refractivity contribution in [2.75, 3.05) is 17.7 Å². The molecule has 0 amide bonds. The van der Waals surface area contributed by atoms with Crippen molar-refractivity contribution < 1.29 is 4.42 Å². The van der Waals surface area contributed by atoms with E-state index in [2.05, 4.69) is 32.5 Å². The van der Waals surface area contributed by atoms with Gasteiger partial charge in [0, 0.05) is 19.0 Å². The van der Waals surface area contributed by atoms with Crippen LogP contribution in [0.15, 0.2) is 10.6 Å². The van der Waals surface area contributed by atoms with Crippen molar-refractivity contribution in [3.8, 4) is 0 Å². The molecule has 0 aliphatic carbocycles. The van der Waals surface area contributed by atoms with Crippen LogP contribution in [0.4, 0.5) is 11.6 Å². The summed E-state index contributed by atoms with van der Waals surface area (Å²) in [6.07, 6.45) is 3.60. The van der Waals surface area contributed by atoms with Crippen LogP contribution in [0.1, 0.15) is 49.3 Å². The summed E-state index contributed by atoms with van der Waals surface area (Å²) in [4.78, 5) is 13.4. The normalized spacial score (nSPS) is 12.2. The summed E-state index contributed by atoms with van der Waals surface area (Å²) in [6.45, 7) is 8.01. The predicted molar refractivity (Wildman–Crippen MR) is 83.6 cm³/mol. The largest absolute Gasteiger partial charge is 0.444 e. The topological polar surface area (TPSA) is 75.9 Å². The highest BCUT2D eigenvalue weighted by molar-refractivity contribution is 5.57. The molecule has 2 aromatic rings. The van der Waals surface area contributed by atoms with Gasteiger partial charge in [0.25, 0.3) is 0 Å². The maximum atomic E-state index is 5.56. The number of nitrogens with zero attached hydrogens (tertiary/aromatic N) is 3. The van der Waals surface area contributed by atoms with Gasteiger partial charge in [0.2, 0.25) is 5.89 Å². The van der Waals surface area contributed by atoms with Gasteiger partial charge in [-0.1, -0.05) is 6.92 Å². The molecule has 1 atom stereocenters. The van der Waals surface area contributed by atoms with Gasteiger partial charge in [-0.15, -0.1) is 0 Å². The Kier molecular flexibility index (Phi) is 4.77. The third-order valence-electron chi connectivity index (χ3n) is 3.27. The molecule has 0 aliphatic rings. The maximum Gasteiger partial charge on any atom is 0.216 e. The minimum atomic E-state index is -0.0496. The summed E-state index contributed by atoms with van der Waals surface area (Å²) in [7, 11) is 1.87. The summed E-state index contributed by atoms with van der Waals surface area (Å²) >= 11 is 0. The van der Waals surface area contributed by atoms with Gasteiger partial charge in [0.1, 0.15) is 29.3 Å². The quantitative estimate of drug-likeness (QED) is 0.850. The number of anilines is 2. The average molecular weight is 289 g/mol. The monoisotopic (exact) mass is 289 g/mol. The number of aromatic nitrogens is 3. The van der Waals surface area contributed by atoms with Crippen molar-refractivity contribution in [1.82, 2.24) is 15.0 Å². The number of aryl methyl sites for hydroxylation is 2. The van der Waals surface area contributed by atoms with E-state index in [0.29, 0.717) is 5.89 Å². The van der Waals surface area contributed by atoms with Gasteiger partial charge in [0.15, 0.2) is 0 Å². The molecule has 1 unspecified atom stereocenters. The molecule has 0 saturated heterocycles. The number of hydrogen-bond acceptors (Lipinski definition) is 6. The molecule has 2 aromatic heterocycles. The van der Waals surface area contributed by atoms with Crippen molar-refractivity contribution in [3.63, 3.8) is 0 Å². The van der Waals surface area contributed by atoms with E-state index in [9.17, 15) is 0 Å². The van der Waals surface area contributed by atoms with Crippen LogP contribution >= 0.6 is 0 Å². The maximum absolute atomic E-state index is 5.56. The fraction of sp³-hybridized carbons (Fsp3) is 0.533. The van der Waals surface area contributed by atoms with Gasteiger partial charge in [-0.05, 0) is 27.2 Å². The molecule has 0 aromatic carbocycles. The second-order valence-electron chi connectivity index (χ2n) is 5.14. The zero-order chi connectivity index (χ0) is 15.4. The Labute approximate surface area is 125 Å². The molecule has 21 heavy (non-hydrogen) atoms. The van der Waals surface area contributed by atoms with Crippen molar-refractivity contribution in [2.24, 2.45) is 0 Å². The van der Waals surface area contributed by atoms with Crippen LogP contribution < -0.4 is 10.6 Å². The van der Waals surface area contributed by atoms with E-state index >= 15 is 0 Å². The first kappa shape index (κ1) is 15.3. The standard InChI is InChI=1S/C15H23N5O/c1-6-7-12-19-13(16-5)10(3)14(20-12)18-11(4)15-17-8-9(2)21-15/h8,11H,6-7H2,1-5H3,(H2,16,18,19,20). The first-order chi connectivity index (χ1) is 10.0. The van der Waals surface area contributed by atoms with Gasteiger partial charge >= 0.3 is 0 Å². The van der Waals surface area contributed by atoms with Gasteiger partial charge in [-0.25, -0.2) is 15.0 Å². The van der Waals surface area contributed by atoms with E-state index in [1.807, 2.05) is 27.8 Å². The van der Waals surface area contributed by atoms with E-state index in [0.717, 1.165) is 41.6 Å². The van der Waals surface area contributed by atoms with Crippen LogP contribution in [0.25, 0.3) is 0 Å². The Morgan fingerprint density at radius 3 is 2.52 bits per heavy atom. The van der Waals surface area contributed by atoms with Gasteiger partial charge in [-0.2, -0.15) is 0 Å². The number of rotatable bonds is 6. The molecular weight excluding hydrogens is 266 g/mol. The number of hydrogen-bond donors (Lipinski definition) is 2. The molecule has 2 heterocycles. The first-order valence-electron chi connectivity index (χ1n) is 7.29. The zero-order valence-corrected chi connectivity index (χ0v) is 13.3. The summed E-state index contributed by atoms with van der Waals surface area (Å²) in [5, 5.41) is 6.49. The van der Waals surface area contributed by atoms with Crippen LogP contribution in [-0.2, 0) is 6.42 Å². The lowest BCUT2D eigenvalue weighted by atomic mass is 10.2. The van der Waals surface area contributed by atoms with Crippen molar-refractivity contribution in [3.05, 3.63) is 29.2 Å². The number of nitrogens with one attached hydrogen (secondary N) is 2. The molecule has 2 N–H and O–H groups in total. The smallest absolute Gasteiger partial charge is 0.216 e. The second kappa shape index (κ2) is 6.56. The van der Waals surface area contributed by atoms with Crippen LogP contribution in [0.3, 0.4) is 0 Å². The molecule has 114 valence electrons. The minimum Gasteiger partial charge on any atom is -0.444 e. The van der Waals surface area contributed by atoms with Crippen LogP contribution in [-0.4, -0.2) is 22.0 Å². The fourth-order valence-electron chi connectivity index (χ4n) is 2.12. The molecule has 0 radical (unpaired) electrons. The zero-order valence-electron chi connectivity index (χ0n) is 13.3. The molecular formula is C15H23N5O. The summed E-state index contributed by atoms with van der Waals surface area (Å²) in [6, 6.07) is -0.0496. The molecule has 6 heteroatoms. The van der Waals surface area contributed by atoms with E-state index in [1.54, 1.807) is 6.20 Å². The molecule has 0 aliphatic heterocycles.